The van der Waals surface area contributed by atoms with Crippen LogP contribution in [0.1, 0.15) is 194 Å². The largest absolute Gasteiger partial charge is 0.379 e. The highest BCUT2D eigenvalue weighted by Gasteiger charge is 2.29. The Balaban J connectivity index is 2.20. The summed E-state index contributed by atoms with van der Waals surface area (Å²) in [7, 11) is 0. The lowest BCUT2D eigenvalue weighted by Crippen LogP contribution is -2.46. The molecule has 0 aromatic rings. The van der Waals surface area contributed by atoms with Gasteiger partial charge in [0.2, 0.25) is 5.91 Å². The Morgan fingerprint density at radius 3 is 1.43 bits per heavy atom. The molecule has 1 heterocycles. The molecule has 0 radical (unpaired) electrons. The molecular formula is C46H88N2O5. The van der Waals surface area contributed by atoms with Crippen molar-refractivity contribution in [3.63, 3.8) is 0 Å². The zero-order valence-electron chi connectivity index (χ0n) is 35.2. The van der Waals surface area contributed by atoms with Crippen LogP contribution in [0.3, 0.4) is 0 Å². The fraction of sp³-hybridized carbons (Fsp3) is 0.891. The molecule has 1 amide bonds. The summed E-state index contributed by atoms with van der Waals surface area (Å²) in [6, 6.07) is 0. The van der Waals surface area contributed by atoms with E-state index in [0.717, 1.165) is 52.1 Å². The molecule has 2 N–H and O–H groups in total. The van der Waals surface area contributed by atoms with E-state index in [1.807, 2.05) is 0 Å². The van der Waals surface area contributed by atoms with E-state index in [4.69, 9.17) is 24.7 Å². The SMILES string of the molecule is CCCCCCCC/C=C\CCCCCCCCOCC(OCCN1CCOCC1)C(OCCCCCCCC/C=C\CCCCCCCC)C(N)=O. The number of carbonyl (C=O) groups is 1. The predicted molar refractivity (Wildman–Crippen MR) is 226 cm³/mol. The summed E-state index contributed by atoms with van der Waals surface area (Å²) in [6.45, 7) is 10.7. The number of rotatable bonds is 41. The highest BCUT2D eigenvalue weighted by atomic mass is 16.6. The summed E-state index contributed by atoms with van der Waals surface area (Å²) in [5, 5.41) is 0. The van der Waals surface area contributed by atoms with Crippen LogP contribution in [0.4, 0.5) is 0 Å². The Kier molecular flexibility index (Phi) is 38.0. The van der Waals surface area contributed by atoms with Crippen LogP contribution in [-0.2, 0) is 23.7 Å². The number of morpholine rings is 1. The van der Waals surface area contributed by atoms with Crippen LogP contribution in [0.5, 0.6) is 0 Å². The standard InChI is InChI=1S/C46H88N2O5/c1-3-5-7-9-11-13-15-17-19-21-23-25-27-29-31-33-38-51-43-44(52-42-37-48-35-40-50-41-36-48)45(46(47)49)53-39-34-32-30-28-26-24-22-20-18-16-14-12-10-8-6-4-2/h17-20,44-45H,3-16,21-43H2,1-2H3,(H2,47,49)/b19-17-,20-18-. The fourth-order valence-corrected chi connectivity index (χ4v) is 6.96. The molecule has 0 aromatic heterocycles. The van der Waals surface area contributed by atoms with Crippen LogP contribution in [-0.4, -0.2) is 82.3 Å². The maximum Gasteiger partial charge on any atom is 0.249 e. The Hall–Kier alpha value is -1.25. The van der Waals surface area contributed by atoms with Crippen LogP contribution in [0.2, 0.25) is 0 Å². The van der Waals surface area contributed by atoms with Gasteiger partial charge in [0, 0.05) is 32.8 Å². The lowest BCUT2D eigenvalue weighted by Gasteiger charge is -2.29. The lowest BCUT2D eigenvalue weighted by atomic mass is 10.1. The first-order chi connectivity index (χ1) is 26.2. The van der Waals surface area contributed by atoms with E-state index in [9.17, 15) is 4.79 Å². The molecule has 1 aliphatic rings. The minimum Gasteiger partial charge on any atom is -0.379 e. The Bertz CT molecular complexity index is 816. The third kappa shape index (κ3) is 33.8. The van der Waals surface area contributed by atoms with Crippen molar-refractivity contribution in [2.24, 2.45) is 5.73 Å². The molecule has 0 bridgehead atoms. The van der Waals surface area contributed by atoms with E-state index in [1.54, 1.807) is 0 Å². The predicted octanol–water partition coefficient (Wildman–Crippen LogP) is 11.7. The molecule has 53 heavy (non-hydrogen) atoms. The van der Waals surface area contributed by atoms with E-state index in [0.29, 0.717) is 26.4 Å². The second-order valence-corrected chi connectivity index (χ2v) is 15.5. The first kappa shape index (κ1) is 49.8. The fourth-order valence-electron chi connectivity index (χ4n) is 6.96. The van der Waals surface area contributed by atoms with Crippen molar-refractivity contribution >= 4 is 5.91 Å². The van der Waals surface area contributed by atoms with Gasteiger partial charge >= 0.3 is 0 Å². The molecule has 312 valence electrons. The van der Waals surface area contributed by atoms with Gasteiger partial charge in [0.1, 0.15) is 6.10 Å². The van der Waals surface area contributed by atoms with Gasteiger partial charge in [0.25, 0.3) is 0 Å². The van der Waals surface area contributed by atoms with Gasteiger partial charge in [0.05, 0.1) is 26.4 Å². The monoisotopic (exact) mass is 749 g/mol. The Morgan fingerprint density at radius 2 is 0.981 bits per heavy atom. The molecule has 2 unspecified atom stereocenters. The molecule has 0 aromatic carbocycles. The van der Waals surface area contributed by atoms with E-state index in [2.05, 4.69) is 43.1 Å². The van der Waals surface area contributed by atoms with Crippen LogP contribution in [0.25, 0.3) is 0 Å². The molecule has 0 spiro atoms. The van der Waals surface area contributed by atoms with Crippen molar-refractivity contribution in [2.75, 3.05) is 59.3 Å². The molecular weight excluding hydrogens is 661 g/mol. The summed E-state index contributed by atoms with van der Waals surface area (Å²) in [5.74, 6) is -0.466. The molecule has 7 nitrogen and oxygen atoms in total. The smallest absolute Gasteiger partial charge is 0.249 e. The van der Waals surface area contributed by atoms with Gasteiger partial charge in [-0.25, -0.2) is 0 Å². The molecule has 1 fully saturated rings. The van der Waals surface area contributed by atoms with E-state index < -0.39 is 18.1 Å². The number of nitrogens with zero attached hydrogens (tertiary/aromatic N) is 1. The minimum atomic E-state index is -0.789. The first-order valence-corrected chi connectivity index (χ1v) is 22.9. The minimum absolute atomic E-state index is 0.329. The van der Waals surface area contributed by atoms with Crippen molar-refractivity contribution in [1.29, 1.82) is 0 Å². The van der Waals surface area contributed by atoms with Crippen molar-refractivity contribution in [1.82, 2.24) is 4.90 Å². The van der Waals surface area contributed by atoms with Gasteiger partial charge in [-0.3, -0.25) is 9.69 Å². The van der Waals surface area contributed by atoms with E-state index in [-0.39, 0.29) is 0 Å². The zero-order valence-corrected chi connectivity index (χ0v) is 35.2. The molecule has 7 heteroatoms. The average molecular weight is 749 g/mol. The summed E-state index contributed by atoms with van der Waals surface area (Å²) < 4.78 is 23.9. The summed E-state index contributed by atoms with van der Waals surface area (Å²) >= 11 is 0. The number of hydrogen-bond donors (Lipinski definition) is 1. The number of carbonyl (C=O) groups excluding carboxylic acids is 1. The molecule has 2 atom stereocenters. The van der Waals surface area contributed by atoms with Crippen molar-refractivity contribution in [3.8, 4) is 0 Å². The molecule has 1 saturated heterocycles. The number of primary amides is 1. The van der Waals surface area contributed by atoms with Crippen LogP contribution in [0.15, 0.2) is 24.3 Å². The van der Waals surface area contributed by atoms with Gasteiger partial charge in [0.15, 0.2) is 6.10 Å². The first-order valence-electron chi connectivity index (χ1n) is 22.9. The van der Waals surface area contributed by atoms with Gasteiger partial charge < -0.3 is 24.7 Å². The number of unbranched alkanes of at least 4 members (excludes halogenated alkanes) is 24. The highest BCUT2D eigenvalue weighted by Crippen LogP contribution is 2.14. The maximum atomic E-state index is 12.5. The van der Waals surface area contributed by atoms with Crippen molar-refractivity contribution in [2.45, 2.75) is 206 Å². The van der Waals surface area contributed by atoms with Crippen molar-refractivity contribution in [3.05, 3.63) is 24.3 Å². The third-order valence-electron chi connectivity index (χ3n) is 10.5. The molecule has 0 aliphatic carbocycles. The zero-order chi connectivity index (χ0) is 38.1. The normalized spacial score (nSPS) is 15.2. The number of allylic oxidation sites excluding steroid dienone is 4. The Morgan fingerprint density at radius 1 is 0.566 bits per heavy atom. The topological polar surface area (TPSA) is 83.2 Å². The quantitative estimate of drug-likeness (QED) is 0.0495. The average Bonchev–Trinajstić information content (AvgIpc) is 3.16. The highest BCUT2D eigenvalue weighted by molar-refractivity contribution is 5.79. The molecule has 1 aliphatic heterocycles. The van der Waals surface area contributed by atoms with Crippen LogP contribution < -0.4 is 5.73 Å². The lowest BCUT2D eigenvalue weighted by molar-refractivity contribution is -0.148. The summed E-state index contributed by atoms with van der Waals surface area (Å²) in [4.78, 5) is 14.9. The number of nitrogens with two attached hydrogens (primary N) is 1. The van der Waals surface area contributed by atoms with Crippen LogP contribution in [0, 0.1) is 0 Å². The van der Waals surface area contributed by atoms with Gasteiger partial charge in [-0.05, 0) is 64.2 Å². The second-order valence-electron chi connectivity index (χ2n) is 15.5. The number of amides is 1. The number of hydrogen-bond acceptors (Lipinski definition) is 6. The summed E-state index contributed by atoms with van der Waals surface area (Å²) in [5.41, 5.74) is 5.86. The molecule has 1 rings (SSSR count). The van der Waals surface area contributed by atoms with E-state index >= 15 is 0 Å². The van der Waals surface area contributed by atoms with Gasteiger partial charge in [-0.2, -0.15) is 0 Å². The van der Waals surface area contributed by atoms with Crippen LogP contribution >= 0.6 is 0 Å². The number of ether oxygens (including phenoxy) is 4. The van der Waals surface area contributed by atoms with Gasteiger partial charge in [-0.15, -0.1) is 0 Å². The maximum absolute atomic E-state index is 12.5. The van der Waals surface area contributed by atoms with E-state index in [1.165, 1.54) is 161 Å². The Labute approximate surface area is 328 Å². The summed E-state index contributed by atoms with van der Waals surface area (Å²) in [6.07, 6.45) is 44.0. The third-order valence-corrected chi connectivity index (χ3v) is 10.5. The second kappa shape index (κ2) is 40.4. The van der Waals surface area contributed by atoms with Crippen molar-refractivity contribution < 1.29 is 23.7 Å². The van der Waals surface area contributed by atoms with Gasteiger partial charge in [-0.1, -0.05) is 154 Å². The molecule has 0 saturated carbocycles.